The van der Waals surface area contributed by atoms with Gasteiger partial charge in [-0.25, -0.2) is 4.79 Å². The lowest BCUT2D eigenvalue weighted by Crippen LogP contribution is -2.13. The molecule has 0 N–H and O–H groups in total. The van der Waals surface area contributed by atoms with Crippen molar-refractivity contribution in [1.29, 1.82) is 0 Å². The number of nitrogens with zero attached hydrogens (tertiary/aromatic N) is 1. The van der Waals surface area contributed by atoms with Crippen molar-refractivity contribution in [2.24, 2.45) is 0 Å². The smallest absolute Gasteiger partial charge is 0.340 e. The predicted octanol–water partition coefficient (Wildman–Crippen LogP) is 2.95. The van der Waals surface area contributed by atoms with Crippen LogP contribution in [0.25, 0.3) is 0 Å². The molecular formula is C12H8BrNO3S. The van der Waals surface area contributed by atoms with Crippen LogP contribution in [-0.4, -0.2) is 23.3 Å². The Balaban J connectivity index is 1.92. The Labute approximate surface area is 116 Å². The van der Waals surface area contributed by atoms with Gasteiger partial charge >= 0.3 is 5.97 Å². The molecule has 0 aromatic carbocycles. The van der Waals surface area contributed by atoms with E-state index in [9.17, 15) is 9.59 Å². The molecule has 0 aliphatic rings. The molecule has 4 nitrogen and oxygen atoms in total. The van der Waals surface area contributed by atoms with Gasteiger partial charge in [0.25, 0.3) is 0 Å². The number of pyridine rings is 1. The number of rotatable bonds is 4. The van der Waals surface area contributed by atoms with E-state index in [4.69, 9.17) is 4.74 Å². The number of aromatic nitrogens is 1. The van der Waals surface area contributed by atoms with Gasteiger partial charge in [-0.15, -0.1) is 11.3 Å². The largest absolute Gasteiger partial charge is 0.454 e. The first-order valence-corrected chi connectivity index (χ1v) is 6.63. The number of thiophene rings is 1. The average Bonchev–Trinajstić information content (AvgIpc) is 2.83. The van der Waals surface area contributed by atoms with Gasteiger partial charge in [0.05, 0.1) is 14.2 Å². The van der Waals surface area contributed by atoms with Crippen LogP contribution in [0.4, 0.5) is 0 Å². The molecule has 18 heavy (non-hydrogen) atoms. The van der Waals surface area contributed by atoms with Gasteiger partial charge in [-0.1, -0.05) is 0 Å². The molecule has 0 saturated carbocycles. The van der Waals surface area contributed by atoms with Gasteiger partial charge in [-0.2, -0.15) is 0 Å². The molecule has 0 fully saturated rings. The van der Waals surface area contributed by atoms with Crippen LogP contribution in [0.3, 0.4) is 0 Å². The summed E-state index contributed by atoms with van der Waals surface area (Å²) in [7, 11) is 0. The van der Waals surface area contributed by atoms with Crippen LogP contribution in [-0.2, 0) is 4.74 Å². The van der Waals surface area contributed by atoms with E-state index in [1.165, 1.54) is 17.5 Å². The first-order chi connectivity index (χ1) is 8.66. The van der Waals surface area contributed by atoms with E-state index in [2.05, 4.69) is 20.9 Å². The zero-order valence-corrected chi connectivity index (χ0v) is 11.5. The number of esters is 1. The van der Waals surface area contributed by atoms with E-state index in [0.29, 0.717) is 10.4 Å². The van der Waals surface area contributed by atoms with Crippen LogP contribution in [0.5, 0.6) is 0 Å². The summed E-state index contributed by atoms with van der Waals surface area (Å²) in [6, 6.07) is 6.69. The summed E-state index contributed by atoms with van der Waals surface area (Å²) in [6.07, 6.45) is 2.96. The van der Waals surface area contributed by atoms with Gasteiger partial charge in [-0.05, 0) is 40.2 Å². The Kier molecular flexibility index (Phi) is 4.22. The summed E-state index contributed by atoms with van der Waals surface area (Å²) in [5.41, 5.74) is 0.331. The molecule has 92 valence electrons. The lowest BCUT2D eigenvalue weighted by atomic mass is 10.3. The van der Waals surface area contributed by atoms with Gasteiger partial charge in [0, 0.05) is 12.4 Å². The molecule has 0 aliphatic carbocycles. The quantitative estimate of drug-likeness (QED) is 0.640. The lowest BCUT2D eigenvalue weighted by Gasteiger charge is -2.02. The first kappa shape index (κ1) is 12.9. The lowest BCUT2D eigenvalue weighted by molar-refractivity contribution is 0.0475. The van der Waals surface area contributed by atoms with Crippen molar-refractivity contribution in [3.8, 4) is 0 Å². The molecule has 0 spiro atoms. The van der Waals surface area contributed by atoms with Crippen molar-refractivity contribution in [2.45, 2.75) is 0 Å². The fraction of sp³-hybridized carbons (Fsp3) is 0.0833. The Morgan fingerprint density at radius 1 is 1.33 bits per heavy atom. The second kappa shape index (κ2) is 5.88. The molecule has 0 amide bonds. The van der Waals surface area contributed by atoms with E-state index in [-0.39, 0.29) is 12.4 Å². The van der Waals surface area contributed by atoms with Crippen LogP contribution >= 0.6 is 27.3 Å². The topological polar surface area (TPSA) is 56.3 Å². The van der Waals surface area contributed by atoms with Gasteiger partial charge in [-0.3, -0.25) is 9.78 Å². The van der Waals surface area contributed by atoms with Crippen LogP contribution in [0.15, 0.2) is 40.4 Å². The summed E-state index contributed by atoms with van der Waals surface area (Å²) in [4.78, 5) is 27.6. The minimum absolute atomic E-state index is 0.219. The third-order valence-corrected chi connectivity index (χ3v) is 3.74. The van der Waals surface area contributed by atoms with Crippen molar-refractivity contribution >= 4 is 39.0 Å². The molecule has 0 radical (unpaired) electrons. The van der Waals surface area contributed by atoms with E-state index < -0.39 is 5.97 Å². The molecular weight excluding hydrogens is 318 g/mol. The van der Waals surface area contributed by atoms with Crippen molar-refractivity contribution in [3.05, 3.63) is 50.9 Å². The molecule has 2 aromatic heterocycles. The molecule has 6 heteroatoms. The van der Waals surface area contributed by atoms with Crippen molar-refractivity contribution in [2.75, 3.05) is 6.61 Å². The number of halogens is 1. The number of ketones is 1. The number of ether oxygens (including phenoxy) is 1. The maximum atomic E-state index is 11.7. The second-order valence-electron chi connectivity index (χ2n) is 3.34. The number of hydrogen-bond donors (Lipinski definition) is 0. The van der Waals surface area contributed by atoms with Gasteiger partial charge in [0.15, 0.2) is 6.61 Å². The molecule has 0 atom stereocenters. The SMILES string of the molecule is O=C(OCC(=O)c1ccc(Br)s1)c1cccnc1. The standard InChI is InChI=1S/C12H8BrNO3S/c13-11-4-3-10(18-11)9(15)7-17-12(16)8-2-1-5-14-6-8/h1-6H,7H2. The van der Waals surface area contributed by atoms with E-state index in [0.717, 1.165) is 3.79 Å². The summed E-state index contributed by atoms with van der Waals surface area (Å²) >= 11 is 4.57. The maximum absolute atomic E-state index is 11.7. The van der Waals surface area contributed by atoms with Crippen LogP contribution in [0.1, 0.15) is 20.0 Å². The highest BCUT2D eigenvalue weighted by molar-refractivity contribution is 9.11. The number of Topliss-reactive ketones (excluding diaryl/α,β-unsaturated/α-hetero) is 1. The Morgan fingerprint density at radius 3 is 2.78 bits per heavy atom. The molecule has 2 rings (SSSR count). The van der Waals surface area contributed by atoms with Crippen molar-refractivity contribution in [3.63, 3.8) is 0 Å². The summed E-state index contributed by atoms with van der Waals surface area (Å²) < 4.78 is 5.78. The van der Waals surface area contributed by atoms with Crippen LogP contribution in [0, 0.1) is 0 Å². The number of carbonyl (C=O) groups excluding carboxylic acids is 2. The van der Waals surface area contributed by atoms with E-state index in [1.807, 2.05) is 0 Å². The van der Waals surface area contributed by atoms with E-state index >= 15 is 0 Å². The highest BCUT2D eigenvalue weighted by atomic mass is 79.9. The third-order valence-electron chi connectivity index (χ3n) is 2.08. The molecule has 0 bridgehead atoms. The van der Waals surface area contributed by atoms with Crippen LogP contribution < -0.4 is 0 Å². The second-order valence-corrected chi connectivity index (χ2v) is 5.81. The molecule has 0 unspecified atom stereocenters. The maximum Gasteiger partial charge on any atom is 0.340 e. The number of hydrogen-bond acceptors (Lipinski definition) is 5. The van der Waals surface area contributed by atoms with Gasteiger partial charge in [0.2, 0.25) is 5.78 Å². The predicted molar refractivity (Wildman–Crippen MR) is 70.9 cm³/mol. The summed E-state index contributed by atoms with van der Waals surface area (Å²) in [5, 5.41) is 0. The minimum Gasteiger partial charge on any atom is -0.454 e. The molecule has 0 aliphatic heterocycles. The third kappa shape index (κ3) is 3.24. The fourth-order valence-electron chi connectivity index (χ4n) is 1.23. The van der Waals surface area contributed by atoms with Crippen molar-refractivity contribution in [1.82, 2.24) is 4.98 Å². The highest BCUT2D eigenvalue weighted by Gasteiger charge is 2.13. The number of carbonyl (C=O) groups is 2. The van der Waals surface area contributed by atoms with E-state index in [1.54, 1.807) is 30.5 Å². The zero-order valence-electron chi connectivity index (χ0n) is 9.13. The normalized spacial score (nSPS) is 10.1. The zero-order chi connectivity index (χ0) is 13.0. The molecule has 2 aromatic rings. The fourth-order valence-corrected chi connectivity index (χ4v) is 2.54. The minimum atomic E-state index is -0.549. The highest BCUT2D eigenvalue weighted by Crippen LogP contribution is 2.22. The summed E-state index contributed by atoms with van der Waals surface area (Å²) in [5.74, 6) is -0.769. The van der Waals surface area contributed by atoms with Gasteiger partial charge in [0.1, 0.15) is 0 Å². The molecule has 2 heterocycles. The Bertz CT molecular complexity index is 568. The first-order valence-electron chi connectivity index (χ1n) is 5.02. The van der Waals surface area contributed by atoms with Gasteiger partial charge < -0.3 is 4.74 Å². The monoisotopic (exact) mass is 325 g/mol. The average molecular weight is 326 g/mol. The van der Waals surface area contributed by atoms with Crippen molar-refractivity contribution < 1.29 is 14.3 Å². The summed E-state index contributed by atoms with van der Waals surface area (Å²) in [6.45, 7) is -0.263. The Hall–Kier alpha value is -1.53. The molecule has 0 saturated heterocycles. The van der Waals surface area contributed by atoms with Crippen LogP contribution in [0.2, 0.25) is 0 Å². The Morgan fingerprint density at radius 2 is 2.17 bits per heavy atom.